The van der Waals surface area contributed by atoms with Crippen molar-refractivity contribution in [2.24, 2.45) is 0 Å². The third-order valence-corrected chi connectivity index (χ3v) is 7.91. The molecule has 1 fully saturated rings. The quantitative estimate of drug-likeness (QED) is 0.227. The summed E-state index contributed by atoms with van der Waals surface area (Å²) in [4.78, 5) is 23.1. The first-order valence-electron chi connectivity index (χ1n) is 11.1. The lowest BCUT2D eigenvalue weighted by Crippen LogP contribution is -2.39. The number of para-hydroxylation sites is 1. The van der Waals surface area contributed by atoms with Crippen molar-refractivity contribution in [2.75, 3.05) is 50.0 Å². The van der Waals surface area contributed by atoms with E-state index >= 15 is 0 Å². The Morgan fingerprint density at radius 1 is 1.18 bits per heavy atom. The van der Waals surface area contributed by atoms with Crippen LogP contribution < -0.4 is 4.90 Å². The number of carbonyl (C=O) groups excluding carboxylic acids is 1. The number of hydrogen-bond acceptors (Lipinski definition) is 6. The molecule has 1 aliphatic rings. The fraction of sp³-hybridized carbons (Fsp3) is 0.417. The number of ether oxygens (including phenoxy) is 1. The van der Waals surface area contributed by atoms with Gasteiger partial charge in [0.2, 0.25) is 5.91 Å². The molecule has 4 rings (SSSR count). The molecule has 34 heavy (non-hydrogen) atoms. The van der Waals surface area contributed by atoms with Crippen molar-refractivity contribution in [2.45, 2.75) is 24.2 Å². The molecular formula is C24H28Cl2FN3O2S2. The van der Waals surface area contributed by atoms with Crippen LogP contribution in [0.2, 0.25) is 5.02 Å². The number of benzene rings is 2. The molecule has 2 aromatic carbocycles. The number of carbonyl (C=O) groups is 1. The van der Waals surface area contributed by atoms with E-state index in [2.05, 4.69) is 4.90 Å². The Bertz CT molecular complexity index is 1060. The molecule has 3 aromatic rings. The topological polar surface area (TPSA) is 45.7 Å². The molecule has 10 heteroatoms. The van der Waals surface area contributed by atoms with Crippen LogP contribution in [0.25, 0.3) is 10.2 Å². The van der Waals surface area contributed by atoms with Crippen LogP contribution in [0.1, 0.15) is 19.3 Å². The van der Waals surface area contributed by atoms with E-state index in [1.807, 2.05) is 23.1 Å². The minimum atomic E-state index is -0.238. The Morgan fingerprint density at radius 2 is 1.94 bits per heavy atom. The molecule has 0 bridgehead atoms. The number of thiazole rings is 1. The number of aromatic nitrogens is 1. The number of morpholine rings is 1. The van der Waals surface area contributed by atoms with Crippen molar-refractivity contribution >= 4 is 68.4 Å². The van der Waals surface area contributed by atoms with Crippen LogP contribution in [0.5, 0.6) is 0 Å². The summed E-state index contributed by atoms with van der Waals surface area (Å²) in [6, 6.07) is 12.2. The third-order valence-electron chi connectivity index (χ3n) is 5.47. The number of nitrogens with zero attached hydrogens (tertiary/aromatic N) is 3. The predicted octanol–water partition coefficient (Wildman–Crippen LogP) is 6.14. The van der Waals surface area contributed by atoms with Gasteiger partial charge in [-0.05, 0) is 55.0 Å². The zero-order valence-corrected chi connectivity index (χ0v) is 22.0. The molecule has 0 unspecified atom stereocenters. The smallest absolute Gasteiger partial charge is 0.228 e. The Hall–Kier alpha value is -1.42. The van der Waals surface area contributed by atoms with Gasteiger partial charge >= 0.3 is 0 Å². The molecule has 0 radical (unpaired) electrons. The summed E-state index contributed by atoms with van der Waals surface area (Å²) in [7, 11) is 0. The molecule has 2 heterocycles. The number of halogens is 3. The van der Waals surface area contributed by atoms with Crippen molar-refractivity contribution in [1.29, 1.82) is 0 Å². The summed E-state index contributed by atoms with van der Waals surface area (Å²) in [6.07, 6.45) is 2.06. The Balaban J connectivity index is 0.00000324. The first kappa shape index (κ1) is 27.2. The lowest BCUT2D eigenvalue weighted by atomic mass is 10.2. The van der Waals surface area contributed by atoms with Gasteiger partial charge < -0.3 is 4.74 Å². The summed E-state index contributed by atoms with van der Waals surface area (Å²) >= 11 is 9.47. The first-order chi connectivity index (χ1) is 16.1. The van der Waals surface area contributed by atoms with Gasteiger partial charge in [-0.3, -0.25) is 14.6 Å². The number of amides is 1. The largest absolute Gasteiger partial charge is 0.379 e. The van der Waals surface area contributed by atoms with E-state index in [-0.39, 0.29) is 24.1 Å². The Labute approximate surface area is 219 Å². The van der Waals surface area contributed by atoms with Crippen LogP contribution in [0, 0.1) is 5.82 Å². The molecule has 1 amide bonds. The number of hydrogen-bond donors (Lipinski definition) is 0. The maximum Gasteiger partial charge on any atom is 0.228 e. The minimum Gasteiger partial charge on any atom is -0.379 e. The molecule has 0 saturated carbocycles. The summed E-state index contributed by atoms with van der Waals surface area (Å²) in [5, 5.41) is 1.31. The van der Waals surface area contributed by atoms with Gasteiger partial charge in [0.1, 0.15) is 11.3 Å². The van der Waals surface area contributed by atoms with E-state index in [9.17, 15) is 9.18 Å². The average Bonchev–Trinajstić information content (AvgIpc) is 3.26. The zero-order valence-electron chi connectivity index (χ0n) is 18.8. The van der Waals surface area contributed by atoms with Crippen molar-refractivity contribution in [3.05, 3.63) is 53.3 Å². The molecule has 1 aromatic heterocycles. The molecule has 1 aliphatic heterocycles. The predicted molar refractivity (Wildman–Crippen MR) is 142 cm³/mol. The lowest BCUT2D eigenvalue weighted by molar-refractivity contribution is -0.118. The monoisotopic (exact) mass is 543 g/mol. The second kappa shape index (κ2) is 13.6. The molecule has 1 saturated heterocycles. The van der Waals surface area contributed by atoms with Crippen LogP contribution in [0.4, 0.5) is 9.52 Å². The fourth-order valence-electron chi connectivity index (χ4n) is 3.70. The highest BCUT2D eigenvalue weighted by molar-refractivity contribution is 7.99. The van der Waals surface area contributed by atoms with Crippen LogP contribution in [0.3, 0.4) is 0 Å². The van der Waals surface area contributed by atoms with Gasteiger partial charge in [-0.15, -0.1) is 24.2 Å². The van der Waals surface area contributed by atoms with Crippen LogP contribution in [0.15, 0.2) is 47.4 Å². The van der Waals surface area contributed by atoms with Gasteiger partial charge in [0.15, 0.2) is 5.13 Å². The molecule has 0 aliphatic carbocycles. The third kappa shape index (κ3) is 7.54. The summed E-state index contributed by atoms with van der Waals surface area (Å²) in [5.41, 5.74) is 0.747. The van der Waals surface area contributed by atoms with Crippen molar-refractivity contribution in [3.63, 3.8) is 0 Å². The molecular weight excluding hydrogens is 516 g/mol. The molecule has 184 valence electrons. The minimum absolute atomic E-state index is 0. The average molecular weight is 545 g/mol. The van der Waals surface area contributed by atoms with Crippen LogP contribution in [-0.2, 0) is 9.53 Å². The lowest BCUT2D eigenvalue weighted by Gasteiger charge is -2.27. The van der Waals surface area contributed by atoms with E-state index in [4.69, 9.17) is 21.3 Å². The number of anilines is 1. The first-order valence-corrected chi connectivity index (χ1v) is 13.3. The number of fused-ring (bicyclic) bond motifs is 1. The SMILES string of the molecule is Cl.O=C(CCCSc1ccc(F)cc1)N(CCCN1CCOCC1)c1nc2c(Cl)cccc2s1. The van der Waals surface area contributed by atoms with E-state index in [1.54, 1.807) is 23.9 Å². The van der Waals surface area contributed by atoms with Gasteiger partial charge in [-0.1, -0.05) is 29.0 Å². The van der Waals surface area contributed by atoms with Gasteiger partial charge in [-0.2, -0.15) is 0 Å². The normalized spacial score (nSPS) is 14.2. The Morgan fingerprint density at radius 3 is 2.68 bits per heavy atom. The highest BCUT2D eigenvalue weighted by atomic mass is 35.5. The van der Waals surface area contributed by atoms with Gasteiger partial charge in [0.05, 0.1) is 22.9 Å². The van der Waals surface area contributed by atoms with Crippen molar-refractivity contribution in [3.8, 4) is 0 Å². The highest BCUT2D eigenvalue weighted by Gasteiger charge is 2.21. The summed E-state index contributed by atoms with van der Waals surface area (Å²) in [6.45, 7) is 4.96. The maximum absolute atomic E-state index is 13.2. The second-order valence-electron chi connectivity index (χ2n) is 7.84. The molecule has 0 N–H and O–H groups in total. The van der Waals surface area contributed by atoms with Gasteiger partial charge in [-0.25, -0.2) is 9.37 Å². The maximum atomic E-state index is 13.2. The Kier molecular flexibility index (Phi) is 10.9. The highest BCUT2D eigenvalue weighted by Crippen LogP contribution is 2.33. The summed E-state index contributed by atoms with van der Waals surface area (Å²) in [5.74, 6) is 0.634. The van der Waals surface area contributed by atoms with Crippen LogP contribution in [-0.4, -0.2) is 60.9 Å². The van der Waals surface area contributed by atoms with Gasteiger partial charge in [0.25, 0.3) is 0 Å². The second-order valence-corrected chi connectivity index (χ2v) is 10.4. The molecule has 0 spiro atoms. The van der Waals surface area contributed by atoms with E-state index in [1.165, 1.54) is 23.5 Å². The van der Waals surface area contributed by atoms with E-state index < -0.39 is 0 Å². The number of thioether (sulfide) groups is 1. The van der Waals surface area contributed by atoms with Crippen LogP contribution >= 0.6 is 47.1 Å². The van der Waals surface area contributed by atoms with Gasteiger partial charge in [0, 0.05) is 37.5 Å². The fourth-order valence-corrected chi connectivity index (χ4v) is 5.86. The molecule has 5 nitrogen and oxygen atoms in total. The molecule has 0 atom stereocenters. The van der Waals surface area contributed by atoms with Crippen molar-refractivity contribution < 1.29 is 13.9 Å². The number of rotatable bonds is 10. The van der Waals surface area contributed by atoms with Crippen molar-refractivity contribution in [1.82, 2.24) is 9.88 Å². The summed E-state index contributed by atoms with van der Waals surface area (Å²) < 4.78 is 19.5. The zero-order chi connectivity index (χ0) is 23.0. The standard InChI is InChI=1S/C24H27ClFN3O2S2.ClH/c25-20-4-1-5-21-23(20)27-24(33-21)29(12-3-11-28-13-15-31-16-14-28)22(30)6-2-17-32-19-9-7-18(26)8-10-19;/h1,4-5,7-10H,2-3,6,11-17H2;1H. The van der Waals surface area contributed by atoms with E-state index in [0.717, 1.165) is 66.6 Å². The van der Waals surface area contributed by atoms with E-state index in [0.29, 0.717) is 23.1 Å².